The van der Waals surface area contributed by atoms with Crippen LogP contribution in [0.2, 0.25) is 0 Å². The van der Waals surface area contributed by atoms with E-state index in [1.165, 1.54) is 28.2 Å². The van der Waals surface area contributed by atoms with Crippen molar-refractivity contribution in [2.24, 2.45) is 11.7 Å². The van der Waals surface area contributed by atoms with Crippen molar-refractivity contribution in [3.05, 3.63) is 72.0 Å². The fraction of sp³-hybridized carbons (Fsp3) is 0.276. The Kier molecular flexibility index (Phi) is 7.57. The fourth-order valence-electron chi connectivity index (χ4n) is 4.02. The van der Waals surface area contributed by atoms with Crippen molar-refractivity contribution in [1.82, 2.24) is 19.7 Å². The summed E-state index contributed by atoms with van der Waals surface area (Å²) in [6.45, 7) is 5.87. The zero-order chi connectivity index (χ0) is 30.0. The Labute approximate surface area is 240 Å². The third-order valence-electron chi connectivity index (χ3n) is 6.25. The number of anilines is 2. The minimum Gasteiger partial charge on any atom is -0.444 e. The Hall–Kier alpha value is -5.33. The van der Waals surface area contributed by atoms with E-state index in [0.717, 1.165) is 12.8 Å². The van der Waals surface area contributed by atoms with Gasteiger partial charge >= 0.3 is 6.09 Å². The van der Waals surface area contributed by atoms with Gasteiger partial charge in [0.15, 0.2) is 11.4 Å². The van der Waals surface area contributed by atoms with E-state index in [1.54, 1.807) is 57.2 Å². The van der Waals surface area contributed by atoms with E-state index in [0.29, 0.717) is 41.4 Å². The van der Waals surface area contributed by atoms with E-state index in [9.17, 15) is 19.2 Å². The van der Waals surface area contributed by atoms with Crippen molar-refractivity contribution in [2.45, 2.75) is 39.2 Å². The monoisotopic (exact) mass is 571 g/mol. The van der Waals surface area contributed by atoms with Crippen LogP contribution in [0.1, 0.15) is 64.9 Å². The largest absolute Gasteiger partial charge is 0.444 e. The first-order valence-corrected chi connectivity index (χ1v) is 13.2. The van der Waals surface area contributed by atoms with Crippen molar-refractivity contribution >= 4 is 35.7 Å². The molecule has 3 N–H and O–H groups in total. The number of aromatic nitrogens is 4. The summed E-state index contributed by atoms with van der Waals surface area (Å²) in [6.07, 6.45) is 6.38. The van der Waals surface area contributed by atoms with E-state index in [1.807, 2.05) is 0 Å². The van der Waals surface area contributed by atoms with Gasteiger partial charge in [-0.05, 0) is 75.9 Å². The average Bonchev–Trinajstić information content (AvgIpc) is 3.45. The van der Waals surface area contributed by atoms with Crippen LogP contribution in [0.15, 0.2) is 59.5 Å². The Morgan fingerprint density at radius 3 is 2.57 bits per heavy atom. The summed E-state index contributed by atoms with van der Waals surface area (Å²) in [7, 11) is 0. The molecule has 42 heavy (non-hydrogen) atoms. The number of primary amides is 1. The van der Waals surface area contributed by atoms with Crippen LogP contribution in [-0.4, -0.2) is 56.1 Å². The Bertz CT molecular complexity index is 1650. The van der Waals surface area contributed by atoms with Crippen molar-refractivity contribution in [3.8, 4) is 17.1 Å². The highest BCUT2D eigenvalue weighted by Crippen LogP contribution is 2.33. The molecule has 1 fully saturated rings. The van der Waals surface area contributed by atoms with Gasteiger partial charge in [0.25, 0.3) is 11.8 Å². The van der Waals surface area contributed by atoms with Gasteiger partial charge in [-0.15, -0.1) is 0 Å². The summed E-state index contributed by atoms with van der Waals surface area (Å²) >= 11 is 0. The molecular formula is C29H29N7O6. The van der Waals surface area contributed by atoms with E-state index in [4.69, 9.17) is 14.9 Å². The van der Waals surface area contributed by atoms with Crippen LogP contribution in [0, 0.1) is 5.92 Å². The van der Waals surface area contributed by atoms with Crippen LogP contribution in [-0.2, 0) is 4.74 Å². The third kappa shape index (κ3) is 6.52. The van der Waals surface area contributed by atoms with E-state index >= 15 is 0 Å². The third-order valence-corrected chi connectivity index (χ3v) is 6.25. The lowest BCUT2D eigenvalue weighted by Crippen LogP contribution is -2.38. The Morgan fingerprint density at radius 2 is 1.93 bits per heavy atom. The van der Waals surface area contributed by atoms with Gasteiger partial charge in [-0.2, -0.15) is 5.10 Å². The second-order valence-electron chi connectivity index (χ2n) is 10.8. The number of ether oxygens (including phenoxy) is 1. The van der Waals surface area contributed by atoms with E-state index in [-0.39, 0.29) is 23.0 Å². The molecule has 0 aliphatic heterocycles. The predicted molar refractivity (Wildman–Crippen MR) is 151 cm³/mol. The second kappa shape index (κ2) is 11.3. The van der Waals surface area contributed by atoms with Gasteiger partial charge in [-0.3, -0.25) is 19.3 Å². The predicted octanol–water partition coefficient (Wildman–Crippen LogP) is 4.24. The normalized spacial score (nSPS) is 12.9. The highest BCUT2D eigenvalue weighted by molar-refractivity contribution is 6.07. The van der Waals surface area contributed by atoms with Crippen LogP contribution in [0.25, 0.3) is 17.1 Å². The molecule has 3 aromatic heterocycles. The summed E-state index contributed by atoms with van der Waals surface area (Å²) < 4.78 is 12.5. The summed E-state index contributed by atoms with van der Waals surface area (Å²) in [6, 6.07) is 9.74. The number of rotatable bonds is 9. The Morgan fingerprint density at radius 1 is 1.19 bits per heavy atom. The molecule has 0 unspecified atom stereocenters. The average molecular weight is 572 g/mol. The van der Waals surface area contributed by atoms with Gasteiger partial charge in [0, 0.05) is 23.9 Å². The highest BCUT2D eigenvalue weighted by atomic mass is 16.6. The molecule has 216 valence electrons. The number of nitrogens with two attached hydrogens (primary N) is 1. The smallest absolute Gasteiger partial charge is 0.416 e. The molecule has 1 aliphatic rings. The number of nitrogens with zero attached hydrogens (tertiary/aromatic N) is 5. The number of amides is 3. The zero-order valence-electron chi connectivity index (χ0n) is 23.2. The second-order valence-corrected chi connectivity index (χ2v) is 10.8. The number of carbonyl (C=O) groups is 4. The molecule has 4 aromatic rings. The van der Waals surface area contributed by atoms with Crippen LogP contribution >= 0.6 is 0 Å². The number of pyridine rings is 1. The molecule has 0 spiro atoms. The fourth-order valence-corrected chi connectivity index (χ4v) is 4.02. The maximum Gasteiger partial charge on any atom is 0.416 e. The lowest BCUT2D eigenvalue weighted by atomic mass is 10.2. The maximum absolute atomic E-state index is 13.0. The first-order valence-electron chi connectivity index (χ1n) is 13.2. The number of aldehydes is 1. The summed E-state index contributed by atoms with van der Waals surface area (Å²) in [4.78, 5) is 59.1. The molecule has 5 rings (SSSR count). The molecule has 3 heterocycles. The Balaban J connectivity index is 1.35. The maximum atomic E-state index is 13.0. The minimum absolute atomic E-state index is 0.0655. The summed E-state index contributed by atoms with van der Waals surface area (Å²) in [5, 5.41) is 6.76. The molecule has 3 amide bonds. The topological polar surface area (TPSA) is 176 Å². The molecular weight excluding hydrogens is 542 g/mol. The number of carbonyl (C=O) groups excluding carboxylic acids is 4. The lowest BCUT2D eigenvalue weighted by Gasteiger charge is -2.27. The quantitative estimate of drug-likeness (QED) is 0.278. The molecule has 1 aromatic carbocycles. The summed E-state index contributed by atoms with van der Waals surface area (Å²) in [5.74, 6) is -0.635. The molecule has 13 nitrogen and oxygen atoms in total. The number of hydrogen-bond acceptors (Lipinski definition) is 9. The van der Waals surface area contributed by atoms with Crippen LogP contribution in [0.5, 0.6) is 0 Å². The van der Waals surface area contributed by atoms with Crippen LogP contribution in [0.3, 0.4) is 0 Å². The van der Waals surface area contributed by atoms with Gasteiger partial charge < -0.3 is 20.2 Å². The van der Waals surface area contributed by atoms with Gasteiger partial charge in [0.05, 0.1) is 17.6 Å². The van der Waals surface area contributed by atoms with Crippen molar-refractivity contribution in [2.75, 3.05) is 16.8 Å². The van der Waals surface area contributed by atoms with Gasteiger partial charge in [-0.1, -0.05) is 0 Å². The van der Waals surface area contributed by atoms with Crippen LogP contribution in [0.4, 0.5) is 16.3 Å². The molecule has 0 saturated heterocycles. The first-order chi connectivity index (χ1) is 20.0. The van der Waals surface area contributed by atoms with Crippen molar-refractivity contribution in [3.63, 3.8) is 0 Å². The standard InChI is InChI=1S/C29H29N7O6/c1-29(2,3)42-28(40)35(13-17-4-5-17)23-12-19(10-11-31-23)27-33-22(16-41-27)26(39)32-21-14-36(34-24(21)25(30)38)20-8-6-18(15-37)7-9-20/h6-12,14-17H,4-5,13H2,1-3H3,(H2,30,38)(H,32,39). The number of benzene rings is 1. The van der Waals surface area contributed by atoms with Crippen LogP contribution < -0.4 is 16.0 Å². The lowest BCUT2D eigenvalue weighted by molar-refractivity contribution is 0.0577. The molecule has 1 aliphatic carbocycles. The SMILES string of the molecule is CC(C)(C)OC(=O)N(CC1CC1)c1cc(-c2nc(C(=O)Nc3cn(-c4ccc(C=O)cc4)nc3C(N)=O)co2)ccn1. The number of hydrogen-bond donors (Lipinski definition) is 2. The molecule has 0 atom stereocenters. The molecule has 13 heteroatoms. The highest BCUT2D eigenvalue weighted by Gasteiger charge is 2.31. The van der Waals surface area contributed by atoms with Gasteiger partial charge in [-0.25, -0.2) is 19.4 Å². The van der Waals surface area contributed by atoms with Crippen molar-refractivity contribution in [1.29, 1.82) is 0 Å². The molecule has 0 radical (unpaired) electrons. The molecule has 1 saturated carbocycles. The van der Waals surface area contributed by atoms with Gasteiger partial charge in [0.2, 0.25) is 5.89 Å². The number of nitrogens with one attached hydrogen (secondary N) is 1. The van der Waals surface area contributed by atoms with E-state index in [2.05, 4.69) is 20.4 Å². The number of oxazole rings is 1. The van der Waals surface area contributed by atoms with E-state index < -0.39 is 23.5 Å². The van der Waals surface area contributed by atoms with Gasteiger partial charge in [0.1, 0.15) is 24.0 Å². The first kappa shape index (κ1) is 28.2. The van der Waals surface area contributed by atoms with Crippen molar-refractivity contribution < 1.29 is 28.3 Å². The minimum atomic E-state index is -0.848. The molecule has 0 bridgehead atoms. The zero-order valence-corrected chi connectivity index (χ0v) is 23.2. The summed E-state index contributed by atoms with van der Waals surface area (Å²) in [5.41, 5.74) is 6.16.